The lowest BCUT2D eigenvalue weighted by Crippen LogP contribution is -2.33. The van der Waals surface area contributed by atoms with Crippen LogP contribution >= 0.6 is 27.3 Å². The monoisotopic (exact) mass is 277 g/mol. The van der Waals surface area contributed by atoms with Crippen LogP contribution in [0.5, 0.6) is 0 Å². The molecule has 14 heavy (non-hydrogen) atoms. The number of aliphatic hydroxyl groups is 1. The van der Waals surface area contributed by atoms with Crippen LogP contribution in [0.1, 0.15) is 23.5 Å². The molecule has 1 N–H and O–H groups in total. The summed E-state index contributed by atoms with van der Waals surface area (Å²) in [7, 11) is 0. The molecule has 0 aliphatic carbocycles. The summed E-state index contributed by atoms with van der Waals surface area (Å²) in [6.45, 7) is 1.25. The Kier molecular flexibility index (Phi) is 3.21. The highest BCUT2D eigenvalue weighted by Crippen LogP contribution is 2.33. The van der Waals surface area contributed by atoms with E-state index in [1.54, 1.807) is 0 Å². The fourth-order valence-corrected chi connectivity index (χ4v) is 2.98. The number of ether oxygens (including phenoxy) is 1. The quantitative estimate of drug-likeness (QED) is 0.842. The van der Waals surface area contributed by atoms with Crippen LogP contribution in [-0.4, -0.2) is 23.3 Å². The number of hydrogen-bond acceptors (Lipinski definition) is 4. The maximum absolute atomic E-state index is 10.3. The van der Waals surface area contributed by atoms with Crippen molar-refractivity contribution in [2.45, 2.75) is 23.8 Å². The molecular weight excluding hydrogens is 266 g/mol. The van der Waals surface area contributed by atoms with Crippen molar-refractivity contribution in [1.29, 1.82) is 0 Å². The molecule has 0 spiro atoms. The van der Waals surface area contributed by atoms with Crippen molar-refractivity contribution < 1.29 is 9.84 Å². The minimum absolute atomic E-state index is 0.625. The van der Waals surface area contributed by atoms with Crippen LogP contribution in [0.25, 0.3) is 0 Å². The molecule has 3 nitrogen and oxygen atoms in total. The van der Waals surface area contributed by atoms with Gasteiger partial charge in [0.05, 0.1) is 5.69 Å². The number of alkyl halides is 1. The molecule has 1 aliphatic rings. The van der Waals surface area contributed by atoms with E-state index in [0.717, 1.165) is 16.0 Å². The molecule has 5 heteroatoms. The van der Waals surface area contributed by atoms with E-state index in [1.165, 1.54) is 11.3 Å². The first kappa shape index (κ1) is 10.5. The fourth-order valence-electron chi connectivity index (χ4n) is 1.51. The molecule has 0 amide bonds. The molecule has 0 radical (unpaired) electrons. The van der Waals surface area contributed by atoms with E-state index in [0.29, 0.717) is 26.1 Å². The smallest absolute Gasteiger partial charge is 0.125 e. The van der Waals surface area contributed by atoms with Crippen molar-refractivity contribution in [1.82, 2.24) is 4.98 Å². The van der Waals surface area contributed by atoms with Gasteiger partial charge in [-0.25, -0.2) is 4.98 Å². The minimum atomic E-state index is -0.747. The molecule has 1 aromatic rings. The molecule has 2 rings (SSSR count). The molecule has 1 fully saturated rings. The van der Waals surface area contributed by atoms with Gasteiger partial charge in [0, 0.05) is 36.8 Å². The van der Waals surface area contributed by atoms with Gasteiger partial charge in [-0.15, -0.1) is 11.3 Å². The van der Waals surface area contributed by atoms with Crippen LogP contribution in [0.4, 0.5) is 0 Å². The van der Waals surface area contributed by atoms with E-state index in [1.807, 2.05) is 5.38 Å². The Balaban J connectivity index is 2.19. The maximum Gasteiger partial charge on any atom is 0.125 e. The molecule has 1 aliphatic heterocycles. The topological polar surface area (TPSA) is 42.4 Å². The third kappa shape index (κ3) is 2.00. The van der Waals surface area contributed by atoms with Crippen molar-refractivity contribution in [3.8, 4) is 0 Å². The van der Waals surface area contributed by atoms with Gasteiger partial charge < -0.3 is 9.84 Å². The van der Waals surface area contributed by atoms with Crippen molar-refractivity contribution in [3.63, 3.8) is 0 Å². The number of nitrogens with zero attached hydrogens (tertiary/aromatic N) is 1. The van der Waals surface area contributed by atoms with Crippen LogP contribution < -0.4 is 0 Å². The Labute approximate surface area is 95.3 Å². The highest BCUT2D eigenvalue weighted by molar-refractivity contribution is 9.08. The number of thiazole rings is 1. The zero-order chi connectivity index (χ0) is 10.0. The first-order valence-corrected chi connectivity index (χ1v) is 6.56. The third-order valence-electron chi connectivity index (χ3n) is 2.41. The SMILES string of the molecule is OC1(c2nc(CBr)cs2)CCOCC1. The Morgan fingerprint density at radius 2 is 2.29 bits per heavy atom. The van der Waals surface area contributed by atoms with Gasteiger partial charge in [-0.05, 0) is 0 Å². The highest BCUT2D eigenvalue weighted by Gasteiger charge is 2.34. The van der Waals surface area contributed by atoms with Gasteiger partial charge in [0.2, 0.25) is 0 Å². The lowest BCUT2D eigenvalue weighted by atomic mass is 9.95. The average molecular weight is 278 g/mol. The van der Waals surface area contributed by atoms with Crippen molar-refractivity contribution >= 4 is 27.3 Å². The summed E-state index contributed by atoms with van der Waals surface area (Å²) >= 11 is 4.88. The highest BCUT2D eigenvalue weighted by atomic mass is 79.9. The van der Waals surface area contributed by atoms with Gasteiger partial charge in [0.1, 0.15) is 10.6 Å². The standard InChI is InChI=1S/C9H12BrNO2S/c10-5-7-6-14-8(11-7)9(12)1-3-13-4-2-9/h6,12H,1-5H2. The van der Waals surface area contributed by atoms with Crippen LogP contribution in [0.3, 0.4) is 0 Å². The van der Waals surface area contributed by atoms with E-state index >= 15 is 0 Å². The molecule has 0 saturated carbocycles. The first-order chi connectivity index (χ1) is 6.74. The lowest BCUT2D eigenvalue weighted by molar-refractivity contribution is -0.0680. The van der Waals surface area contributed by atoms with Gasteiger partial charge in [-0.1, -0.05) is 15.9 Å². The minimum Gasteiger partial charge on any atom is -0.382 e. The fraction of sp³-hybridized carbons (Fsp3) is 0.667. The maximum atomic E-state index is 10.3. The zero-order valence-corrected chi connectivity index (χ0v) is 10.1. The van der Waals surface area contributed by atoms with E-state index in [4.69, 9.17) is 4.74 Å². The summed E-state index contributed by atoms with van der Waals surface area (Å²) in [5.41, 5.74) is 0.244. The zero-order valence-electron chi connectivity index (χ0n) is 7.70. The summed E-state index contributed by atoms with van der Waals surface area (Å²) < 4.78 is 5.23. The second-order valence-electron chi connectivity index (χ2n) is 3.42. The molecule has 1 saturated heterocycles. The number of rotatable bonds is 2. The molecule has 78 valence electrons. The summed E-state index contributed by atoms with van der Waals surface area (Å²) in [5.74, 6) is 0. The summed E-state index contributed by atoms with van der Waals surface area (Å²) in [4.78, 5) is 4.39. The van der Waals surface area contributed by atoms with Crippen LogP contribution in [0.15, 0.2) is 5.38 Å². The normalized spacial score (nSPS) is 21.0. The first-order valence-electron chi connectivity index (χ1n) is 4.55. The third-order valence-corrected chi connectivity index (χ3v) is 4.07. The second-order valence-corrected chi connectivity index (χ2v) is 4.84. The Hall–Kier alpha value is 0.0300. The molecule has 2 heterocycles. The van der Waals surface area contributed by atoms with Crippen LogP contribution in [0, 0.1) is 0 Å². The Morgan fingerprint density at radius 1 is 1.57 bits per heavy atom. The number of aromatic nitrogens is 1. The Morgan fingerprint density at radius 3 is 2.86 bits per heavy atom. The Bertz CT molecular complexity index is 310. The molecule has 1 aromatic heterocycles. The number of halogens is 1. The molecular formula is C9H12BrNO2S. The van der Waals surface area contributed by atoms with E-state index in [9.17, 15) is 5.11 Å². The predicted molar refractivity (Wildman–Crippen MR) is 58.7 cm³/mol. The summed E-state index contributed by atoms with van der Waals surface area (Å²) in [6.07, 6.45) is 1.31. The molecule has 0 unspecified atom stereocenters. The molecule has 0 atom stereocenters. The van der Waals surface area contributed by atoms with Gasteiger partial charge in [-0.2, -0.15) is 0 Å². The van der Waals surface area contributed by atoms with Gasteiger partial charge in [0.15, 0.2) is 0 Å². The van der Waals surface area contributed by atoms with Crippen LogP contribution in [-0.2, 0) is 15.7 Å². The average Bonchev–Trinajstić information content (AvgIpc) is 2.67. The molecule has 0 aromatic carbocycles. The predicted octanol–water partition coefficient (Wildman–Crippen LogP) is 2.04. The second kappa shape index (κ2) is 4.26. The van der Waals surface area contributed by atoms with Crippen LogP contribution in [0.2, 0.25) is 0 Å². The van der Waals surface area contributed by atoms with Gasteiger partial charge >= 0.3 is 0 Å². The van der Waals surface area contributed by atoms with Crippen molar-refractivity contribution in [2.75, 3.05) is 13.2 Å². The summed E-state index contributed by atoms with van der Waals surface area (Å²) in [6, 6.07) is 0. The van der Waals surface area contributed by atoms with Crippen molar-refractivity contribution in [2.24, 2.45) is 0 Å². The van der Waals surface area contributed by atoms with Gasteiger partial charge in [-0.3, -0.25) is 0 Å². The van der Waals surface area contributed by atoms with E-state index < -0.39 is 5.60 Å². The van der Waals surface area contributed by atoms with Crippen molar-refractivity contribution in [3.05, 3.63) is 16.1 Å². The lowest BCUT2D eigenvalue weighted by Gasteiger charge is -2.29. The van der Waals surface area contributed by atoms with E-state index in [-0.39, 0.29) is 0 Å². The van der Waals surface area contributed by atoms with Gasteiger partial charge in [0.25, 0.3) is 0 Å². The number of hydrogen-bond donors (Lipinski definition) is 1. The molecule has 0 bridgehead atoms. The van der Waals surface area contributed by atoms with E-state index in [2.05, 4.69) is 20.9 Å². The summed E-state index contributed by atoms with van der Waals surface area (Å²) in [5, 5.41) is 13.9. The largest absolute Gasteiger partial charge is 0.382 e.